The molecule has 1 amide bonds. The summed E-state index contributed by atoms with van der Waals surface area (Å²) in [6.45, 7) is 4.51. The van der Waals surface area contributed by atoms with Gasteiger partial charge in [-0.3, -0.25) is 4.79 Å². The molecule has 1 aliphatic rings. The molecule has 1 fully saturated rings. The van der Waals surface area contributed by atoms with Crippen LogP contribution in [0.4, 0.5) is 0 Å². The number of methoxy groups -OCH3 is 1. The third-order valence-corrected chi connectivity index (χ3v) is 4.36. The van der Waals surface area contributed by atoms with Crippen molar-refractivity contribution in [3.63, 3.8) is 0 Å². The molecule has 104 valence electrons. The summed E-state index contributed by atoms with van der Waals surface area (Å²) in [5.41, 5.74) is 0.671. The van der Waals surface area contributed by atoms with Gasteiger partial charge in [-0.25, -0.2) is 0 Å². The van der Waals surface area contributed by atoms with Crippen LogP contribution in [0.2, 0.25) is 0 Å². The van der Waals surface area contributed by atoms with Crippen molar-refractivity contribution in [1.29, 1.82) is 0 Å². The average molecular weight is 261 g/mol. The molecule has 0 bridgehead atoms. The number of amides is 1. The zero-order valence-electron chi connectivity index (χ0n) is 12.0. The Labute approximate surface area is 115 Å². The summed E-state index contributed by atoms with van der Waals surface area (Å²) in [5.74, 6) is 1.95. The van der Waals surface area contributed by atoms with E-state index < -0.39 is 0 Å². The molecular formula is C16H23NO2. The molecular weight excluding hydrogens is 238 g/mol. The number of hydrogen-bond donors (Lipinski definition) is 1. The van der Waals surface area contributed by atoms with Gasteiger partial charge in [0.25, 0.3) is 5.91 Å². The van der Waals surface area contributed by atoms with Crippen LogP contribution in [0.25, 0.3) is 0 Å². The van der Waals surface area contributed by atoms with Gasteiger partial charge in [-0.2, -0.15) is 0 Å². The fraction of sp³-hybridized carbons (Fsp3) is 0.562. The van der Waals surface area contributed by atoms with E-state index in [1.807, 2.05) is 18.2 Å². The molecule has 0 spiro atoms. The molecule has 1 aromatic carbocycles. The van der Waals surface area contributed by atoms with Crippen molar-refractivity contribution in [2.24, 2.45) is 11.8 Å². The largest absolute Gasteiger partial charge is 0.497 e. The average Bonchev–Trinajstić information content (AvgIpc) is 2.44. The van der Waals surface area contributed by atoms with E-state index in [9.17, 15) is 4.79 Å². The second kappa shape index (κ2) is 6.09. The van der Waals surface area contributed by atoms with Crippen LogP contribution in [0.15, 0.2) is 24.3 Å². The summed E-state index contributed by atoms with van der Waals surface area (Å²) in [4.78, 5) is 12.3. The maximum atomic E-state index is 12.3. The van der Waals surface area contributed by atoms with E-state index in [4.69, 9.17) is 4.74 Å². The summed E-state index contributed by atoms with van der Waals surface area (Å²) in [5, 5.41) is 3.17. The van der Waals surface area contributed by atoms with Crippen molar-refractivity contribution >= 4 is 5.91 Å². The highest BCUT2D eigenvalue weighted by atomic mass is 16.5. The Kier molecular flexibility index (Phi) is 4.46. The molecule has 0 radical (unpaired) electrons. The SMILES string of the molecule is COc1cccc(C(=O)NC2CCCC(C)C2C)c1. The molecule has 2 rings (SSSR count). The molecule has 0 aromatic heterocycles. The van der Waals surface area contributed by atoms with Crippen molar-refractivity contribution in [2.45, 2.75) is 39.2 Å². The molecule has 3 unspecified atom stereocenters. The zero-order chi connectivity index (χ0) is 13.8. The molecule has 19 heavy (non-hydrogen) atoms. The van der Waals surface area contributed by atoms with E-state index in [0.29, 0.717) is 23.4 Å². The molecule has 3 heteroatoms. The van der Waals surface area contributed by atoms with Crippen LogP contribution < -0.4 is 10.1 Å². The predicted octanol–water partition coefficient (Wildman–Crippen LogP) is 3.25. The number of ether oxygens (including phenoxy) is 1. The molecule has 0 saturated heterocycles. The quantitative estimate of drug-likeness (QED) is 0.907. The number of nitrogens with one attached hydrogen (secondary N) is 1. The molecule has 3 atom stereocenters. The first kappa shape index (κ1) is 13.9. The van der Waals surface area contributed by atoms with E-state index in [1.54, 1.807) is 13.2 Å². The van der Waals surface area contributed by atoms with Gasteiger partial charge in [-0.05, 0) is 36.5 Å². The molecule has 3 nitrogen and oxygen atoms in total. The molecule has 0 aliphatic heterocycles. The fourth-order valence-electron chi connectivity index (χ4n) is 2.80. The lowest BCUT2D eigenvalue weighted by Crippen LogP contribution is -2.43. The lowest BCUT2D eigenvalue weighted by atomic mass is 9.78. The Morgan fingerprint density at radius 2 is 2.11 bits per heavy atom. The molecule has 1 saturated carbocycles. The maximum absolute atomic E-state index is 12.3. The lowest BCUT2D eigenvalue weighted by molar-refractivity contribution is 0.0890. The van der Waals surface area contributed by atoms with Crippen LogP contribution in [-0.4, -0.2) is 19.1 Å². The minimum atomic E-state index is 0.00449. The van der Waals surface area contributed by atoms with Crippen molar-refractivity contribution in [1.82, 2.24) is 5.32 Å². The summed E-state index contributed by atoms with van der Waals surface area (Å²) < 4.78 is 5.15. The summed E-state index contributed by atoms with van der Waals surface area (Å²) in [6.07, 6.45) is 3.56. The third-order valence-electron chi connectivity index (χ3n) is 4.36. The zero-order valence-corrected chi connectivity index (χ0v) is 12.0. The number of carbonyl (C=O) groups is 1. The van der Waals surface area contributed by atoms with E-state index in [2.05, 4.69) is 19.2 Å². The van der Waals surface area contributed by atoms with Crippen molar-refractivity contribution < 1.29 is 9.53 Å². The first-order valence-corrected chi connectivity index (χ1v) is 7.06. The van der Waals surface area contributed by atoms with Gasteiger partial charge in [0, 0.05) is 11.6 Å². The monoisotopic (exact) mass is 261 g/mol. The van der Waals surface area contributed by atoms with Crippen LogP contribution in [-0.2, 0) is 0 Å². The number of rotatable bonds is 3. The van der Waals surface area contributed by atoms with E-state index in [0.717, 1.165) is 12.2 Å². The number of benzene rings is 1. The van der Waals surface area contributed by atoms with Crippen LogP contribution in [0.1, 0.15) is 43.5 Å². The Bertz CT molecular complexity index is 444. The summed E-state index contributed by atoms with van der Waals surface area (Å²) in [7, 11) is 1.61. The predicted molar refractivity (Wildman–Crippen MR) is 76.4 cm³/mol. The van der Waals surface area contributed by atoms with Gasteiger partial charge >= 0.3 is 0 Å². The van der Waals surface area contributed by atoms with Gasteiger partial charge < -0.3 is 10.1 Å². The first-order valence-electron chi connectivity index (χ1n) is 7.06. The van der Waals surface area contributed by atoms with Gasteiger partial charge in [-0.1, -0.05) is 32.8 Å². The fourth-order valence-corrected chi connectivity index (χ4v) is 2.80. The Morgan fingerprint density at radius 1 is 1.32 bits per heavy atom. The molecule has 1 aromatic rings. The van der Waals surface area contributed by atoms with Crippen molar-refractivity contribution in [3.05, 3.63) is 29.8 Å². The normalized spacial score (nSPS) is 26.8. The summed E-state index contributed by atoms with van der Waals surface area (Å²) in [6, 6.07) is 7.60. The minimum Gasteiger partial charge on any atom is -0.497 e. The molecule has 1 N–H and O–H groups in total. The highest BCUT2D eigenvalue weighted by Gasteiger charge is 2.28. The van der Waals surface area contributed by atoms with Crippen LogP contribution in [0, 0.1) is 11.8 Å². The van der Waals surface area contributed by atoms with Gasteiger partial charge in [0.2, 0.25) is 0 Å². The van der Waals surface area contributed by atoms with E-state index in [1.165, 1.54) is 12.8 Å². The highest BCUT2D eigenvalue weighted by molar-refractivity contribution is 5.94. The first-order chi connectivity index (χ1) is 9.11. The highest BCUT2D eigenvalue weighted by Crippen LogP contribution is 2.29. The second-order valence-electron chi connectivity index (χ2n) is 5.58. The maximum Gasteiger partial charge on any atom is 0.251 e. The van der Waals surface area contributed by atoms with E-state index in [-0.39, 0.29) is 5.91 Å². The smallest absolute Gasteiger partial charge is 0.251 e. The summed E-state index contributed by atoms with van der Waals surface area (Å²) >= 11 is 0. The Hall–Kier alpha value is -1.51. The van der Waals surface area contributed by atoms with Gasteiger partial charge in [-0.15, -0.1) is 0 Å². The lowest BCUT2D eigenvalue weighted by Gasteiger charge is -2.34. The van der Waals surface area contributed by atoms with Crippen molar-refractivity contribution in [2.75, 3.05) is 7.11 Å². The number of carbonyl (C=O) groups excluding carboxylic acids is 1. The standard InChI is InChI=1S/C16H23NO2/c1-11-6-4-9-15(12(11)2)17-16(18)13-7-5-8-14(10-13)19-3/h5,7-8,10-12,15H,4,6,9H2,1-3H3,(H,17,18). The minimum absolute atomic E-state index is 0.00449. The Balaban J connectivity index is 2.03. The number of hydrogen-bond acceptors (Lipinski definition) is 2. The van der Waals surface area contributed by atoms with Gasteiger partial charge in [0.05, 0.1) is 7.11 Å². The Morgan fingerprint density at radius 3 is 2.84 bits per heavy atom. The molecule has 1 aliphatic carbocycles. The van der Waals surface area contributed by atoms with E-state index >= 15 is 0 Å². The second-order valence-corrected chi connectivity index (χ2v) is 5.58. The molecule has 0 heterocycles. The van der Waals surface area contributed by atoms with Gasteiger partial charge in [0.15, 0.2) is 0 Å². The van der Waals surface area contributed by atoms with Crippen LogP contribution >= 0.6 is 0 Å². The third kappa shape index (κ3) is 3.28. The van der Waals surface area contributed by atoms with Crippen LogP contribution in [0.5, 0.6) is 5.75 Å². The topological polar surface area (TPSA) is 38.3 Å². The van der Waals surface area contributed by atoms with Gasteiger partial charge in [0.1, 0.15) is 5.75 Å². The van der Waals surface area contributed by atoms with Crippen LogP contribution in [0.3, 0.4) is 0 Å². The van der Waals surface area contributed by atoms with Crippen molar-refractivity contribution in [3.8, 4) is 5.75 Å².